The molecular weight excluding hydrogens is 575 g/mol. The molecule has 41 heavy (non-hydrogen) atoms. The first-order chi connectivity index (χ1) is 19.2. The lowest BCUT2D eigenvalue weighted by Gasteiger charge is -2.44. The van der Waals surface area contributed by atoms with Crippen LogP contribution >= 0.6 is 35.6 Å². The molecule has 1 heterocycles. The van der Waals surface area contributed by atoms with Crippen molar-refractivity contribution in [2.45, 2.75) is 71.1 Å². The molecule has 1 aliphatic heterocycles. The van der Waals surface area contributed by atoms with Gasteiger partial charge in [-0.25, -0.2) is 0 Å². The highest BCUT2D eigenvalue weighted by Crippen LogP contribution is 2.38. The van der Waals surface area contributed by atoms with E-state index in [2.05, 4.69) is 48.2 Å². The van der Waals surface area contributed by atoms with Crippen molar-refractivity contribution in [3.63, 3.8) is 0 Å². The first-order valence-corrected chi connectivity index (χ1v) is 15.2. The molecule has 0 N–H and O–H groups in total. The van der Waals surface area contributed by atoms with Gasteiger partial charge in [0.2, 0.25) is 5.91 Å². The van der Waals surface area contributed by atoms with E-state index in [0.717, 1.165) is 55.8 Å². The molecule has 2 atom stereocenters. The summed E-state index contributed by atoms with van der Waals surface area (Å²) in [6.45, 7) is 9.22. The molecule has 3 aromatic rings. The van der Waals surface area contributed by atoms with E-state index in [-0.39, 0.29) is 36.4 Å². The fourth-order valence-corrected chi connectivity index (χ4v) is 6.40. The number of amides is 1. The average molecular weight is 618 g/mol. The van der Waals surface area contributed by atoms with Crippen LogP contribution in [0.5, 0.6) is 5.75 Å². The third-order valence-corrected chi connectivity index (χ3v) is 8.79. The lowest BCUT2D eigenvalue weighted by atomic mass is 9.77. The van der Waals surface area contributed by atoms with E-state index in [1.54, 1.807) is 0 Å². The van der Waals surface area contributed by atoms with Crippen molar-refractivity contribution in [3.8, 4) is 5.75 Å². The summed E-state index contributed by atoms with van der Waals surface area (Å²) < 4.78 is 5.87. The Balaban J connectivity index is 0.00000462. The molecule has 0 radical (unpaired) electrons. The van der Waals surface area contributed by atoms with Crippen LogP contribution in [0.15, 0.2) is 72.8 Å². The molecule has 2 unspecified atom stereocenters. The van der Waals surface area contributed by atoms with Gasteiger partial charge in [-0.2, -0.15) is 0 Å². The maximum Gasteiger partial charge on any atom is 0.227 e. The number of carbonyl (C=O) groups excluding carboxylic acids is 1. The highest BCUT2D eigenvalue weighted by atomic mass is 35.5. The summed E-state index contributed by atoms with van der Waals surface area (Å²) in [7, 11) is 1.98. The molecule has 1 fully saturated rings. The van der Waals surface area contributed by atoms with Crippen LogP contribution in [0, 0.1) is 5.92 Å². The number of halogens is 3. The van der Waals surface area contributed by atoms with Gasteiger partial charge in [-0.3, -0.25) is 9.69 Å². The summed E-state index contributed by atoms with van der Waals surface area (Å²) in [5.74, 6) is 1.46. The smallest absolute Gasteiger partial charge is 0.227 e. The fourth-order valence-electron chi connectivity index (χ4n) is 6.09. The van der Waals surface area contributed by atoms with Gasteiger partial charge in [0.15, 0.2) is 0 Å². The Bertz CT molecular complexity index is 1250. The van der Waals surface area contributed by atoms with Crippen LogP contribution in [-0.4, -0.2) is 48.0 Å². The molecule has 222 valence electrons. The van der Waals surface area contributed by atoms with Crippen molar-refractivity contribution in [1.29, 1.82) is 0 Å². The first kappa shape index (κ1) is 33.3. The van der Waals surface area contributed by atoms with Crippen molar-refractivity contribution < 1.29 is 9.53 Å². The Hall–Kier alpha value is -2.24. The maximum atomic E-state index is 13.8. The minimum absolute atomic E-state index is 0. The summed E-state index contributed by atoms with van der Waals surface area (Å²) >= 11 is 12.7. The molecule has 4 nitrogen and oxygen atoms in total. The van der Waals surface area contributed by atoms with Gasteiger partial charge in [0, 0.05) is 25.6 Å². The average Bonchev–Trinajstić information content (AvgIpc) is 2.94. The number of likely N-dealkylation sites (N-methyl/N-ethyl adjacent to an activating group) is 1. The zero-order valence-electron chi connectivity index (χ0n) is 24.6. The second-order valence-corrected chi connectivity index (χ2v) is 12.1. The molecule has 0 spiro atoms. The number of ether oxygens (including phenoxy) is 1. The third-order valence-electron chi connectivity index (χ3n) is 8.05. The van der Waals surface area contributed by atoms with E-state index in [4.69, 9.17) is 27.9 Å². The van der Waals surface area contributed by atoms with Crippen LogP contribution in [0.3, 0.4) is 0 Å². The van der Waals surface area contributed by atoms with Gasteiger partial charge < -0.3 is 9.64 Å². The minimum Gasteiger partial charge on any atom is -0.491 e. The summed E-state index contributed by atoms with van der Waals surface area (Å²) in [4.78, 5) is 18.4. The van der Waals surface area contributed by atoms with Gasteiger partial charge >= 0.3 is 0 Å². The Morgan fingerprint density at radius 1 is 0.951 bits per heavy atom. The van der Waals surface area contributed by atoms with Crippen LogP contribution in [0.25, 0.3) is 0 Å². The van der Waals surface area contributed by atoms with Crippen molar-refractivity contribution in [1.82, 2.24) is 9.80 Å². The second kappa shape index (κ2) is 15.8. The van der Waals surface area contributed by atoms with Crippen LogP contribution in [-0.2, 0) is 17.8 Å². The van der Waals surface area contributed by atoms with Gasteiger partial charge in [-0.15, -0.1) is 12.4 Å². The number of carbonyl (C=O) groups is 1. The van der Waals surface area contributed by atoms with E-state index in [1.165, 1.54) is 5.56 Å². The number of piperidine rings is 1. The number of hydrogen-bond acceptors (Lipinski definition) is 3. The molecule has 1 saturated heterocycles. The molecule has 4 rings (SSSR count). The van der Waals surface area contributed by atoms with E-state index in [1.807, 2.05) is 62.2 Å². The van der Waals surface area contributed by atoms with Crippen LogP contribution < -0.4 is 4.74 Å². The number of hydrogen-bond donors (Lipinski definition) is 0. The number of nitrogens with zero attached hydrogens (tertiary/aromatic N) is 2. The summed E-state index contributed by atoms with van der Waals surface area (Å²) in [6, 6.07) is 24.6. The number of benzene rings is 3. The zero-order valence-corrected chi connectivity index (χ0v) is 26.9. The lowest BCUT2D eigenvalue weighted by molar-refractivity contribution is -0.133. The van der Waals surface area contributed by atoms with Crippen molar-refractivity contribution in [2.75, 3.05) is 20.1 Å². The maximum absolute atomic E-state index is 13.8. The summed E-state index contributed by atoms with van der Waals surface area (Å²) in [5, 5.41) is 1.11. The Kier molecular flexibility index (Phi) is 12.8. The monoisotopic (exact) mass is 616 g/mol. The Labute approximate surface area is 262 Å². The van der Waals surface area contributed by atoms with Crippen molar-refractivity contribution in [3.05, 3.63) is 99.5 Å². The quantitative estimate of drug-likeness (QED) is 0.216. The second-order valence-electron chi connectivity index (χ2n) is 11.3. The molecule has 0 aliphatic carbocycles. The van der Waals surface area contributed by atoms with E-state index >= 15 is 0 Å². The number of rotatable bonds is 11. The van der Waals surface area contributed by atoms with Gasteiger partial charge in [0.05, 0.1) is 22.6 Å². The van der Waals surface area contributed by atoms with E-state index in [0.29, 0.717) is 22.4 Å². The molecule has 7 heteroatoms. The molecule has 1 aliphatic rings. The molecule has 0 bridgehead atoms. The fraction of sp³-hybridized carbons (Fsp3) is 0.441. The SMILES string of the molecule is CCC(c1ccc(Cl)c(Cl)c1)C(C1CCN(Cc2ccccc2)CC1)N(C)C(=O)Cc1cccc(OC(C)C)c1.Cl. The highest BCUT2D eigenvalue weighted by Gasteiger charge is 2.37. The predicted octanol–water partition coefficient (Wildman–Crippen LogP) is 8.68. The predicted molar refractivity (Wildman–Crippen MR) is 174 cm³/mol. The Morgan fingerprint density at radius 2 is 1.63 bits per heavy atom. The topological polar surface area (TPSA) is 32.8 Å². The Morgan fingerprint density at radius 3 is 2.27 bits per heavy atom. The summed E-state index contributed by atoms with van der Waals surface area (Å²) in [6.07, 6.45) is 3.42. The molecular formula is C34H43Cl3N2O2. The normalized spacial score (nSPS) is 15.7. The molecule has 3 aromatic carbocycles. The van der Waals surface area contributed by atoms with Gasteiger partial charge in [-0.1, -0.05) is 78.7 Å². The standard InChI is InChI=1S/C34H42Cl2N2O2.ClH/c1-5-30(28-14-15-31(35)32(36)22-28)34(27-16-18-38(19-17-27)23-25-10-7-6-8-11-25)37(4)33(39)21-26-12-9-13-29(20-26)40-24(2)3;/h6-15,20,22,24,27,30,34H,5,16-19,21,23H2,1-4H3;1H. The minimum atomic E-state index is 0. The summed E-state index contributed by atoms with van der Waals surface area (Å²) in [5.41, 5.74) is 3.45. The molecule has 0 saturated carbocycles. The number of likely N-dealkylation sites (tertiary alicyclic amines) is 1. The molecule has 0 aromatic heterocycles. The van der Waals surface area contributed by atoms with Crippen LogP contribution in [0.2, 0.25) is 10.0 Å². The van der Waals surface area contributed by atoms with Crippen LogP contribution in [0.4, 0.5) is 0 Å². The molecule has 1 amide bonds. The zero-order chi connectivity index (χ0) is 28.6. The van der Waals surface area contributed by atoms with Gasteiger partial charge in [-0.05, 0) is 93.1 Å². The first-order valence-electron chi connectivity index (χ1n) is 14.5. The third kappa shape index (κ3) is 9.12. The van der Waals surface area contributed by atoms with E-state index in [9.17, 15) is 4.79 Å². The lowest BCUT2D eigenvalue weighted by Crippen LogP contribution is -2.49. The van der Waals surface area contributed by atoms with Gasteiger partial charge in [0.25, 0.3) is 0 Å². The highest BCUT2D eigenvalue weighted by molar-refractivity contribution is 6.42. The van der Waals surface area contributed by atoms with E-state index < -0.39 is 0 Å². The van der Waals surface area contributed by atoms with Gasteiger partial charge in [0.1, 0.15) is 5.75 Å². The van der Waals surface area contributed by atoms with Crippen molar-refractivity contribution in [2.24, 2.45) is 5.92 Å². The largest absolute Gasteiger partial charge is 0.491 e. The van der Waals surface area contributed by atoms with Crippen LogP contribution in [0.1, 0.15) is 62.6 Å². The van der Waals surface area contributed by atoms with Crippen molar-refractivity contribution >= 4 is 41.5 Å².